The first-order valence-corrected chi connectivity index (χ1v) is 6.55. The third-order valence-corrected chi connectivity index (χ3v) is 4.35. The van der Waals surface area contributed by atoms with Crippen LogP contribution in [0.5, 0.6) is 0 Å². The van der Waals surface area contributed by atoms with Crippen molar-refractivity contribution in [2.45, 2.75) is 44.6 Å². The molecule has 1 heterocycles. The zero-order valence-corrected chi connectivity index (χ0v) is 9.68. The maximum atomic E-state index is 5.79. The normalized spacial score (nSPS) is 34.2. The minimum absolute atomic E-state index is 0.573. The van der Waals surface area contributed by atoms with E-state index in [-0.39, 0.29) is 0 Å². The monoisotopic (exact) mass is 280 g/mol. The Kier molecular flexibility index (Phi) is 2.95. The molecule has 2 fully saturated rings. The third kappa shape index (κ3) is 1.79. The van der Waals surface area contributed by atoms with Gasteiger partial charge in [0.2, 0.25) is 0 Å². The van der Waals surface area contributed by atoms with Gasteiger partial charge in [0.05, 0.1) is 12.7 Å². The van der Waals surface area contributed by atoms with Crippen LogP contribution in [0.4, 0.5) is 0 Å². The van der Waals surface area contributed by atoms with Crippen molar-refractivity contribution in [3.05, 3.63) is 0 Å². The van der Waals surface area contributed by atoms with Gasteiger partial charge in [-0.1, -0.05) is 41.9 Å². The Morgan fingerprint density at radius 1 is 1.25 bits per heavy atom. The summed E-state index contributed by atoms with van der Waals surface area (Å²) >= 11 is 2.44. The van der Waals surface area contributed by atoms with E-state index in [4.69, 9.17) is 4.74 Å². The summed E-state index contributed by atoms with van der Waals surface area (Å²) in [5, 5.41) is 0. The van der Waals surface area contributed by atoms with Crippen LogP contribution in [0.2, 0.25) is 0 Å². The van der Waals surface area contributed by atoms with Gasteiger partial charge in [-0.2, -0.15) is 0 Å². The number of hydrogen-bond acceptors (Lipinski definition) is 1. The molecule has 0 bridgehead atoms. The fraction of sp³-hybridized carbons (Fsp3) is 1.00. The van der Waals surface area contributed by atoms with Gasteiger partial charge in [0.1, 0.15) is 0 Å². The quantitative estimate of drug-likeness (QED) is 0.529. The molecule has 0 radical (unpaired) electrons. The molecule has 2 rings (SSSR count). The fourth-order valence-electron chi connectivity index (χ4n) is 2.64. The molecule has 1 nitrogen and oxygen atoms in total. The summed E-state index contributed by atoms with van der Waals surface area (Å²) in [6.45, 7) is 1.06. The van der Waals surface area contributed by atoms with Crippen LogP contribution in [0.15, 0.2) is 0 Å². The van der Waals surface area contributed by atoms with E-state index < -0.39 is 0 Å². The van der Waals surface area contributed by atoms with Crippen molar-refractivity contribution in [2.75, 3.05) is 11.0 Å². The highest BCUT2D eigenvalue weighted by Gasteiger charge is 2.40. The van der Waals surface area contributed by atoms with Crippen LogP contribution in [-0.4, -0.2) is 17.1 Å². The highest BCUT2D eigenvalue weighted by Crippen LogP contribution is 2.45. The van der Waals surface area contributed by atoms with Gasteiger partial charge < -0.3 is 4.74 Å². The van der Waals surface area contributed by atoms with Gasteiger partial charge >= 0.3 is 0 Å². The Morgan fingerprint density at radius 3 is 2.58 bits per heavy atom. The minimum atomic E-state index is 0.573. The van der Waals surface area contributed by atoms with Crippen molar-refractivity contribution in [2.24, 2.45) is 5.41 Å². The minimum Gasteiger partial charge on any atom is -0.377 e. The van der Waals surface area contributed by atoms with Gasteiger partial charge in [0.15, 0.2) is 0 Å². The van der Waals surface area contributed by atoms with E-state index in [0.717, 1.165) is 6.61 Å². The van der Waals surface area contributed by atoms with Crippen LogP contribution < -0.4 is 0 Å². The third-order valence-electron chi connectivity index (χ3n) is 3.37. The van der Waals surface area contributed by atoms with E-state index in [1.54, 1.807) is 0 Å². The molecule has 1 aliphatic carbocycles. The van der Waals surface area contributed by atoms with Gasteiger partial charge in [0.25, 0.3) is 0 Å². The molecule has 12 heavy (non-hydrogen) atoms. The number of rotatable bonds is 1. The molecule has 1 saturated carbocycles. The van der Waals surface area contributed by atoms with Crippen molar-refractivity contribution in [1.82, 2.24) is 0 Å². The Balaban J connectivity index is 1.94. The number of alkyl halides is 1. The summed E-state index contributed by atoms with van der Waals surface area (Å²) in [4.78, 5) is 0. The second-order valence-corrected chi connectivity index (χ2v) is 5.23. The van der Waals surface area contributed by atoms with Gasteiger partial charge in [-0.25, -0.2) is 0 Å². The molecule has 0 aromatic heterocycles. The van der Waals surface area contributed by atoms with Crippen molar-refractivity contribution in [3.63, 3.8) is 0 Å². The second kappa shape index (κ2) is 3.82. The summed E-state index contributed by atoms with van der Waals surface area (Å²) < 4.78 is 6.97. The average Bonchev–Trinajstić information content (AvgIpc) is 2.50. The Labute approximate surface area is 88.4 Å². The molecule has 1 saturated heterocycles. The summed E-state index contributed by atoms with van der Waals surface area (Å²) in [5.41, 5.74) is 0.619. The lowest BCUT2D eigenvalue weighted by atomic mass is 9.73. The Morgan fingerprint density at radius 2 is 2.00 bits per heavy atom. The molecule has 0 aromatic carbocycles. The van der Waals surface area contributed by atoms with Crippen molar-refractivity contribution >= 4 is 22.6 Å². The molecule has 0 amide bonds. The van der Waals surface area contributed by atoms with Gasteiger partial charge in [0, 0.05) is 4.43 Å². The van der Waals surface area contributed by atoms with E-state index >= 15 is 0 Å². The molecule has 1 unspecified atom stereocenters. The summed E-state index contributed by atoms with van der Waals surface area (Å²) in [5.74, 6) is 0. The lowest BCUT2D eigenvalue weighted by Crippen LogP contribution is -2.24. The van der Waals surface area contributed by atoms with Crippen molar-refractivity contribution in [1.29, 1.82) is 0 Å². The highest BCUT2D eigenvalue weighted by atomic mass is 127. The van der Waals surface area contributed by atoms with Crippen LogP contribution in [0.25, 0.3) is 0 Å². The van der Waals surface area contributed by atoms with Gasteiger partial charge in [-0.15, -0.1) is 0 Å². The lowest BCUT2D eigenvalue weighted by molar-refractivity contribution is 0.0955. The molecule has 0 N–H and O–H groups in total. The summed E-state index contributed by atoms with van der Waals surface area (Å²) in [6.07, 6.45) is 9.12. The maximum absolute atomic E-state index is 5.79. The van der Waals surface area contributed by atoms with E-state index in [1.165, 1.54) is 43.0 Å². The molecule has 1 atom stereocenters. The van der Waals surface area contributed by atoms with Gasteiger partial charge in [-0.05, 0) is 24.7 Å². The molecule has 70 valence electrons. The molecule has 2 aliphatic rings. The molecule has 1 aliphatic heterocycles. The number of hydrogen-bond donors (Lipinski definition) is 0. The summed E-state index contributed by atoms with van der Waals surface area (Å²) in [7, 11) is 0. The van der Waals surface area contributed by atoms with Crippen molar-refractivity contribution < 1.29 is 4.74 Å². The van der Waals surface area contributed by atoms with Crippen LogP contribution in [-0.2, 0) is 4.74 Å². The number of halogens is 1. The largest absolute Gasteiger partial charge is 0.377 e. The van der Waals surface area contributed by atoms with E-state index in [0.29, 0.717) is 11.5 Å². The second-order valence-electron chi connectivity index (χ2n) is 4.35. The van der Waals surface area contributed by atoms with E-state index in [2.05, 4.69) is 22.6 Å². The van der Waals surface area contributed by atoms with Crippen LogP contribution in [0.3, 0.4) is 0 Å². The zero-order valence-electron chi connectivity index (χ0n) is 7.52. The highest BCUT2D eigenvalue weighted by molar-refractivity contribution is 14.1. The predicted molar refractivity (Wildman–Crippen MR) is 58.8 cm³/mol. The Bertz CT molecular complexity index is 152. The molecular formula is C10H17IO. The maximum Gasteiger partial charge on any atom is 0.0670 e. The first-order chi connectivity index (χ1) is 5.85. The number of ether oxygens (including phenoxy) is 1. The predicted octanol–water partition coefficient (Wildman–Crippen LogP) is 3.16. The van der Waals surface area contributed by atoms with Gasteiger partial charge in [-0.3, -0.25) is 0 Å². The smallest absolute Gasteiger partial charge is 0.0670 e. The fourth-order valence-corrected chi connectivity index (χ4v) is 3.21. The lowest BCUT2D eigenvalue weighted by Gasteiger charge is -2.31. The van der Waals surface area contributed by atoms with Crippen LogP contribution in [0, 0.1) is 5.41 Å². The molecule has 2 heteroatoms. The van der Waals surface area contributed by atoms with E-state index in [9.17, 15) is 0 Å². The van der Waals surface area contributed by atoms with Crippen LogP contribution in [0.1, 0.15) is 38.5 Å². The zero-order chi connectivity index (χ0) is 8.44. The SMILES string of the molecule is ICC1CC2(CCCCC2)CO1. The molecular weight excluding hydrogens is 263 g/mol. The standard InChI is InChI=1S/C10H17IO/c11-7-9-6-10(8-12-9)4-2-1-3-5-10/h9H,1-8H2. The first-order valence-electron chi connectivity index (χ1n) is 5.02. The Hall–Kier alpha value is 0.690. The summed E-state index contributed by atoms with van der Waals surface area (Å²) in [6, 6.07) is 0. The molecule has 1 spiro atoms. The average molecular weight is 280 g/mol. The first kappa shape index (κ1) is 9.25. The van der Waals surface area contributed by atoms with Crippen LogP contribution >= 0.6 is 22.6 Å². The molecule has 0 aromatic rings. The topological polar surface area (TPSA) is 9.23 Å². The van der Waals surface area contributed by atoms with E-state index in [1.807, 2.05) is 0 Å². The van der Waals surface area contributed by atoms with Crippen molar-refractivity contribution in [3.8, 4) is 0 Å².